The molecule has 0 rings (SSSR count). The van der Waals surface area contributed by atoms with Crippen molar-refractivity contribution in [3.05, 3.63) is 0 Å². The van der Waals surface area contributed by atoms with E-state index in [4.69, 9.17) is 20.4 Å². The van der Waals surface area contributed by atoms with Crippen LogP contribution in [0.5, 0.6) is 0 Å². The van der Waals surface area contributed by atoms with Gasteiger partial charge in [0.2, 0.25) is 0 Å². The number of aliphatic hydroxyl groups excluding tert-OH is 2. The maximum absolute atomic E-state index is 9.21. The van der Waals surface area contributed by atoms with E-state index in [1.807, 2.05) is 13.8 Å². The van der Waals surface area contributed by atoms with Crippen LogP contribution in [-0.4, -0.2) is 46.0 Å². The first-order valence-corrected chi connectivity index (χ1v) is 4.66. The molecule has 0 aliphatic rings. The molecule has 0 saturated heterocycles. The first-order valence-electron chi connectivity index (χ1n) is 4.66. The molecule has 0 unspecified atom stereocenters. The molecule has 7 heteroatoms. The second kappa shape index (κ2) is 8.93. The lowest BCUT2D eigenvalue weighted by molar-refractivity contribution is 0.0622. The topological polar surface area (TPSA) is 124 Å². The molecule has 0 bridgehead atoms. The number of carbonyl (C=O) groups is 2. The van der Waals surface area contributed by atoms with Gasteiger partial charge in [0, 0.05) is 5.41 Å². The Morgan fingerprint density at radius 2 is 1.50 bits per heavy atom. The summed E-state index contributed by atoms with van der Waals surface area (Å²) in [4.78, 5) is 18.4. The Morgan fingerprint density at radius 1 is 1.12 bits per heavy atom. The minimum absolute atomic E-state index is 0.0807. The quantitative estimate of drug-likeness (QED) is 0.427. The van der Waals surface area contributed by atoms with E-state index in [0.29, 0.717) is 0 Å². The lowest BCUT2D eigenvalue weighted by Crippen LogP contribution is -2.25. The Labute approximate surface area is 93.3 Å². The third-order valence-electron chi connectivity index (χ3n) is 1.79. The van der Waals surface area contributed by atoms with Crippen LogP contribution in [0.1, 0.15) is 26.7 Å². The summed E-state index contributed by atoms with van der Waals surface area (Å²) < 4.78 is 3.08. The Hall–Kier alpha value is -1.34. The molecule has 16 heavy (non-hydrogen) atoms. The first kappa shape index (κ1) is 17.1. The van der Waals surface area contributed by atoms with Crippen molar-refractivity contribution in [1.29, 1.82) is 0 Å². The highest BCUT2D eigenvalue weighted by Gasteiger charge is 2.20. The normalized spacial score (nSPS) is 10.0. The van der Waals surface area contributed by atoms with Crippen LogP contribution < -0.4 is 0 Å². The Balaban J connectivity index is 0. The molecule has 96 valence electrons. The zero-order valence-electron chi connectivity index (χ0n) is 9.34. The molecule has 0 aromatic carbocycles. The molecule has 0 amide bonds. The van der Waals surface area contributed by atoms with Gasteiger partial charge in [0.15, 0.2) is 0 Å². The SMILES string of the molecule is CCCC(C)(CO)CO.O=C(O)OC(=O)O. The van der Waals surface area contributed by atoms with Crippen LogP contribution in [0.2, 0.25) is 0 Å². The van der Waals surface area contributed by atoms with Crippen LogP contribution in [0.4, 0.5) is 9.59 Å². The number of aliphatic hydroxyl groups is 2. The van der Waals surface area contributed by atoms with E-state index in [0.717, 1.165) is 12.8 Å². The van der Waals surface area contributed by atoms with Gasteiger partial charge < -0.3 is 25.2 Å². The molecule has 0 atom stereocenters. The van der Waals surface area contributed by atoms with Gasteiger partial charge >= 0.3 is 12.3 Å². The molecule has 0 aromatic heterocycles. The molecular formula is C9H18O7. The van der Waals surface area contributed by atoms with Crippen molar-refractivity contribution in [1.82, 2.24) is 0 Å². The van der Waals surface area contributed by atoms with Crippen LogP contribution in [0, 0.1) is 5.41 Å². The molecular weight excluding hydrogens is 220 g/mol. The summed E-state index contributed by atoms with van der Waals surface area (Å²) in [5.41, 5.74) is -0.255. The molecule has 0 aromatic rings. The molecule has 0 radical (unpaired) electrons. The molecule has 0 fully saturated rings. The van der Waals surface area contributed by atoms with Crippen LogP contribution in [0.25, 0.3) is 0 Å². The van der Waals surface area contributed by atoms with E-state index in [-0.39, 0.29) is 18.6 Å². The van der Waals surface area contributed by atoms with Gasteiger partial charge in [-0.25, -0.2) is 9.59 Å². The van der Waals surface area contributed by atoms with Crippen LogP contribution in [-0.2, 0) is 4.74 Å². The molecule has 7 nitrogen and oxygen atoms in total. The highest BCUT2D eigenvalue weighted by molar-refractivity contribution is 5.74. The fraction of sp³-hybridized carbons (Fsp3) is 0.778. The highest BCUT2D eigenvalue weighted by atomic mass is 16.7. The summed E-state index contributed by atoms with van der Waals surface area (Å²) in [5, 5.41) is 32.5. The number of carboxylic acid groups (broad SMARTS) is 2. The predicted octanol–water partition coefficient (Wildman–Crippen LogP) is 1.14. The molecule has 0 aliphatic heterocycles. The Bertz CT molecular complexity index is 198. The van der Waals surface area contributed by atoms with Crippen molar-refractivity contribution < 1.29 is 34.8 Å². The van der Waals surface area contributed by atoms with Gasteiger partial charge in [-0.3, -0.25) is 0 Å². The van der Waals surface area contributed by atoms with Gasteiger partial charge in [0.05, 0.1) is 13.2 Å². The average molecular weight is 238 g/mol. The van der Waals surface area contributed by atoms with Gasteiger partial charge in [-0.15, -0.1) is 0 Å². The molecule has 0 saturated carbocycles. The smallest absolute Gasteiger partial charge is 0.449 e. The highest BCUT2D eigenvalue weighted by Crippen LogP contribution is 2.20. The lowest BCUT2D eigenvalue weighted by Gasteiger charge is -2.23. The number of ether oxygens (including phenoxy) is 1. The zero-order valence-corrected chi connectivity index (χ0v) is 9.34. The largest absolute Gasteiger partial charge is 0.516 e. The van der Waals surface area contributed by atoms with Crippen LogP contribution >= 0.6 is 0 Å². The van der Waals surface area contributed by atoms with Crippen molar-refractivity contribution in [3.8, 4) is 0 Å². The van der Waals surface area contributed by atoms with Gasteiger partial charge in [-0.05, 0) is 6.42 Å². The standard InChI is InChI=1S/C7H16O2.C2H2O5/c1-3-4-7(2,5-8)6-9;3-1(4)7-2(5)6/h8-9H,3-6H2,1-2H3;(H,3,4)(H,5,6). The second-order valence-corrected chi connectivity index (χ2v) is 3.51. The van der Waals surface area contributed by atoms with Crippen molar-refractivity contribution in [3.63, 3.8) is 0 Å². The van der Waals surface area contributed by atoms with Crippen molar-refractivity contribution in [2.24, 2.45) is 5.41 Å². The lowest BCUT2D eigenvalue weighted by atomic mass is 9.88. The molecule has 0 spiro atoms. The van der Waals surface area contributed by atoms with Crippen LogP contribution in [0.15, 0.2) is 0 Å². The third-order valence-corrected chi connectivity index (χ3v) is 1.79. The molecule has 4 N–H and O–H groups in total. The minimum atomic E-state index is -1.81. The van der Waals surface area contributed by atoms with E-state index in [2.05, 4.69) is 4.74 Å². The monoisotopic (exact) mass is 238 g/mol. The third kappa shape index (κ3) is 10.7. The fourth-order valence-corrected chi connectivity index (χ4v) is 0.886. The number of hydrogen-bond acceptors (Lipinski definition) is 5. The predicted molar refractivity (Wildman–Crippen MR) is 54.3 cm³/mol. The van der Waals surface area contributed by atoms with E-state index in [9.17, 15) is 9.59 Å². The zero-order chi connectivity index (χ0) is 13.2. The van der Waals surface area contributed by atoms with E-state index in [1.165, 1.54) is 0 Å². The van der Waals surface area contributed by atoms with Gasteiger partial charge in [0.25, 0.3) is 0 Å². The maximum atomic E-state index is 9.21. The van der Waals surface area contributed by atoms with E-state index < -0.39 is 12.3 Å². The summed E-state index contributed by atoms with van der Waals surface area (Å²) in [6.45, 7) is 4.09. The Morgan fingerprint density at radius 3 is 1.56 bits per heavy atom. The average Bonchev–Trinajstić information content (AvgIpc) is 2.17. The summed E-state index contributed by atoms with van der Waals surface area (Å²) in [6.07, 6.45) is -1.72. The van der Waals surface area contributed by atoms with Crippen molar-refractivity contribution >= 4 is 12.3 Å². The first-order chi connectivity index (χ1) is 7.31. The van der Waals surface area contributed by atoms with Gasteiger partial charge in [0.1, 0.15) is 0 Å². The molecule has 0 heterocycles. The maximum Gasteiger partial charge on any atom is 0.516 e. The van der Waals surface area contributed by atoms with Gasteiger partial charge in [-0.2, -0.15) is 0 Å². The fourth-order valence-electron chi connectivity index (χ4n) is 0.886. The number of hydrogen-bond donors (Lipinski definition) is 4. The van der Waals surface area contributed by atoms with Crippen molar-refractivity contribution in [2.45, 2.75) is 26.7 Å². The van der Waals surface area contributed by atoms with Crippen LogP contribution in [0.3, 0.4) is 0 Å². The van der Waals surface area contributed by atoms with E-state index >= 15 is 0 Å². The summed E-state index contributed by atoms with van der Waals surface area (Å²) in [5.74, 6) is 0. The summed E-state index contributed by atoms with van der Waals surface area (Å²) >= 11 is 0. The second-order valence-electron chi connectivity index (χ2n) is 3.51. The summed E-state index contributed by atoms with van der Waals surface area (Å²) in [6, 6.07) is 0. The number of rotatable bonds is 4. The van der Waals surface area contributed by atoms with E-state index in [1.54, 1.807) is 0 Å². The van der Waals surface area contributed by atoms with Crippen molar-refractivity contribution in [2.75, 3.05) is 13.2 Å². The Kier molecular flexibility index (Phi) is 9.52. The minimum Gasteiger partial charge on any atom is -0.449 e. The molecule has 0 aliphatic carbocycles. The van der Waals surface area contributed by atoms with Gasteiger partial charge in [-0.1, -0.05) is 20.3 Å². The summed E-state index contributed by atoms with van der Waals surface area (Å²) in [7, 11) is 0.